The van der Waals surface area contributed by atoms with Crippen molar-refractivity contribution in [3.05, 3.63) is 35.4 Å². The van der Waals surface area contributed by atoms with Gasteiger partial charge in [-0.05, 0) is 37.4 Å². The molecule has 18 heavy (non-hydrogen) atoms. The Kier molecular flexibility index (Phi) is 6.39. The molecule has 0 saturated heterocycles. The zero-order valence-corrected chi connectivity index (χ0v) is 10.9. The molecule has 4 nitrogen and oxygen atoms in total. The van der Waals surface area contributed by atoms with Crippen LogP contribution in [0.5, 0.6) is 0 Å². The van der Waals surface area contributed by atoms with Crippen LogP contribution >= 0.6 is 0 Å². The second kappa shape index (κ2) is 7.84. The Hall–Kier alpha value is -1.39. The van der Waals surface area contributed by atoms with E-state index in [2.05, 4.69) is 5.32 Å². The van der Waals surface area contributed by atoms with E-state index in [1.54, 1.807) is 6.07 Å². The van der Waals surface area contributed by atoms with E-state index in [1.807, 2.05) is 25.1 Å². The number of amides is 1. The third-order valence-corrected chi connectivity index (χ3v) is 2.91. The van der Waals surface area contributed by atoms with E-state index in [4.69, 9.17) is 5.73 Å². The third kappa shape index (κ3) is 4.47. The Bertz CT molecular complexity index is 380. The summed E-state index contributed by atoms with van der Waals surface area (Å²) in [6.45, 7) is 2.94. The van der Waals surface area contributed by atoms with E-state index >= 15 is 0 Å². The standard InChI is InChI=1S/C14H22N2O2/c1-2-12(17)8-10-16-14(18)13-6-4-3-5-11(13)7-9-15/h3-6,12,17H,2,7-10,15H2,1H3,(H,16,18). The van der Waals surface area contributed by atoms with Crippen molar-refractivity contribution in [1.29, 1.82) is 0 Å². The monoisotopic (exact) mass is 250 g/mol. The summed E-state index contributed by atoms with van der Waals surface area (Å²) in [5, 5.41) is 12.2. The van der Waals surface area contributed by atoms with Gasteiger partial charge in [-0.15, -0.1) is 0 Å². The molecular weight excluding hydrogens is 228 g/mol. The predicted octanol–water partition coefficient (Wildman–Crippen LogP) is 1.08. The summed E-state index contributed by atoms with van der Waals surface area (Å²) < 4.78 is 0. The van der Waals surface area contributed by atoms with Crippen LogP contribution in [0.1, 0.15) is 35.7 Å². The Morgan fingerprint density at radius 1 is 1.44 bits per heavy atom. The average molecular weight is 250 g/mol. The molecule has 0 bridgehead atoms. The molecule has 1 aromatic carbocycles. The first-order chi connectivity index (χ1) is 8.69. The summed E-state index contributed by atoms with van der Waals surface area (Å²) in [5.41, 5.74) is 7.16. The summed E-state index contributed by atoms with van der Waals surface area (Å²) in [6.07, 6.45) is 1.65. The second-order valence-corrected chi connectivity index (χ2v) is 4.30. The number of hydrogen-bond donors (Lipinski definition) is 3. The molecule has 0 saturated carbocycles. The van der Waals surface area contributed by atoms with Crippen LogP contribution in [0.3, 0.4) is 0 Å². The number of nitrogens with one attached hydrogen (secondary N) is 1. The molecule has 0 aromatic heterocycles. The molecule has 1 aromatic rings. The van der Waals surface area contributed by atoms with Crippen molar-refractivity contribution in [2.75, 3.05) is 13.1 Å². The highest BCUT2D eigenvalue weighted by Gasteiger charge is 2.10. The van der Waals surface area contributed by atoms with Gasteiger partial charge in [-0.2, -0.15) is 0 Å². The molecule has 1 amide bonds. The molecular formula is C14H22N2O2. The van der Waals surface area contributed by atoms with Crippen molar-refractivity contribution < 1.29 is 9.90 Å². The molecule has 4 N–H and O–H groups in total. The van der Waals surface area contributed by atoms with Crippen molar-refractivity contribution in [2.45, 2.75) is 32.3 Å². The van der Waals surface area contributed by atoms with Gasteiger partial charge in [0.15, 0.2) is 0 Å². The highest BCUT2D eigenvalue weighted by Crippen LogP contribution is 2.09. The summed E-state index contributed by atoms with van der Waals surface area (Å²) in [6, 6.07) is 7.47. The van der Waals surface area contributed by atoms with Crippen LogP contribution in [0.15, 0.2) is 24.3 Å². The van der Waals surface area contributed by atoms with E-state index < -0.39 is 0 Å². The van der Waals surface area contributed by atoms with E-state index in [9.17, 15) is 9.90 Å². The van der Waals surface area contributed by atoms with Gasteiger partial charge in [0.1, 0.15) is 0 Å². The molecule has 1 atom stereocenters. The molecule has 0 fully saturated rings. The molecule has 0 aliphatic heterocycles. The van der Waals surface area contributed by atoms with Crippen molar-refractivity contribution in [3.8, 4) is 0 Å². The fourth-order valence-corrected chi connectivity index (χ4v) is 1.77. The number of nitrogens with two attached hydrogens (primary N) is 1. The SMILES string of the molecule is CCC(O)CCNC(=O)c1ccccc1CCN. The van der Waals surface area contributed by atoms with Gasteiger partial charge in [0.2, 0.25) is 0 Å². The van der Waals surface area contributed by atoms with Crippen molar-refractivity contribution in [1.82, 2.24) is 5.32 Å². The fraction of sp³-hybridized carbons (Fsp3) is 0.500. The molecule has 0 aliphatic rings. The summed E-state index contributed by atoms with van der Waals surface area (Å²) in [4.78, 5) is 12.0. The van der Waals surface area contributed by atoms with Crippen molar-refractivity contribution in [3.63, 3.8) is 0 Å². The zero-order chi connectivity index (χ0) is 13.4. The molecule has 100 valence electrons. The average Bonchev–Trinajstić information content (AvgIpc) is 2.39. The van der Waals surface area contributed by atoms with Gasteiger partial charge >= 0.3 is 0 Å². The first-order valence-corrected chi connectivity index (χ1v) is 6.43. The number of aliphatic hydroxyl groups excluding tert-OH is 1. The smallest absolute Gasteiger partial charge is 0.251 e. The van der Waals surface area contributed by atoms with Crippen LogP contribution < -0.4 is 11.1 Å². The fourth-order valence-electron chi connectivity index (χ4n) is 1.77. The Morgan fingerprint density at radius 3 is 2.83 bits per heavy atom. The van der Waals surface area contributed by atoms with Gasteiger partial charge in [-0.25, -0.2) is 0 Å². The van der Waals surface area contributed by atoms with E-state index in [0.29, 0.717) is 37.9 Å². The Labute approximate surface area is 108 Å². The highest BCUT2D eigenvalue weighted by atomic mass is 16.3. The van der Waals surface area contributed by atoms with E-state index in [0.717, 1.165) is 5.56 Å². The lowest BCUT2D eigenvalue weighted by atomic mass is 10.0. The minimum atomic E-state index is -0.343. The van der Waals surface area contributed by atoms with Gasteiger partial charge in [-0.1, -0.05) is 25.1 Å². The maximum absolute atomic E-state index is 12.0. The molecule has 1 unspecified atom stereocenters. The Balaban J connectivity index is 2.55. The number of carbonyl (C=O) groups excluding carboxylic acids is 1. The lowest BCUT2D eigenvalue weighted by molar-refractivity contribution is 0.0941. The highest BCUT2D eigenvalue weighted by molar-refractivity contribution is 5.95. The minimum absolute atomic E-state index is 0.0950. The quantitative estimate of drug-likeness (QED) is 0.678. The lowest BCUT2D eigenvalue weighted by Crippen LogP contribution is -2.28. The summed E-state index contributed by atoms with van der Waals surface area (Å²) >= 11 is 0. The second-order valence-electron chi connectivity index (χ2n) is 4.30. The van der Waals surface area contributed by atoms with Gasteiger partial charge < -0.3 is 16.2 Å². The van der Waals surface area contributed by atoms with Gasteiger partial charge in [0.25, 0.3) is 5.91 Å². The first-order valence-electron chi connectivity index (χ1n) is 6.43. The molecule has 0 spiro atoms. The van der Waals surface area contributed by atoms with Crippen LogP contribution in [0.4, 0.5) is 0 Å². The lowest BCUT2D eigenvalue weighted by Gasteiger charge is -2.11. The molecule has 0 heterocycles. The minimum Gasteiger partial charge on any atom is -0.393 e. The molecule has 4 heteroatoms. The molecule has 0 aliphatic carbocycles. The number of carbonyl (C=O) groups is 1. The van der Waals surface area contributed by atoms with Crippen LogP contribution in [0.25, 0.3) is 0 Å². The summed E-state index contributed by atoms with van der Waals surface area (Å²) in [5.74, 6) is -0.0950. The predicted molar refractivity (Wildman–Crippen MR) is 72.4 cm³/mol. The summed E-state index contributed by atoms with van der Waals surface area (Å²) in [7, 11) is 0. The number of rotatable bonds is 7. The number of aliphatic hydroxyl groups is 1. The maximum Gasteiger partial charge on any atom is 0.251 e. The largest absolute Gasteiger partial charge is 0.393 e. The third-order valence-electron chi connectivity index (χ3n) is 2.91. The Morgan fingerprint density at radius 2 is 2.17 bits per heavy atom. The maximum atomic E-state index is 12.0. The molecule has 0 radical (unpaired) electrons. The molecule has 1 rings (SSSR count). The van der Waals surface area contributed by atoms with Crippen LogP contribution in [-0.2, 0) is 6.42 Å². The number of hydrogen-bond acceptors (Lipinski definition) is 3. The topological polar surface area (TPSA) is 75.3 Å². The van der Waals surface area contributed by atoms with Crippen LogP contribution in [-0.4, -0.2) is 30.2 Å². The van der Waals surface area contributed by atoms with Crippen molar-refractivity contribution >= 4 is 5.91 Å². The van der Waals surface area contributed by atoms with Gasteiger partial charge in [0, 0.05) is 12.1 Å². The van der Waals surface area contributed by atoms with Crippen molar-refractivity contribution in [2.24, 2.45) is 5.73 Å². The zero-order valence-electron chi connectivity index (χ0n) is 10.9. The van der Waals surface area contributed by atoms with Crippen LogP contribution in [0, 0.1) is 0 Å². The van der Waals surface area contributed by atoms with Crippen LogP contribution in [0.2, 0.25) is 0 Å². The van der Waals surface area contributed by atoms with E-state index in [-0.39, 0.29) is 12.0 Å². The van der Waals surface area contributed by atoms with Gasteiger partial charge in [-0.3, -0.25) is 4.79 Å². The normalized spacial score (nSPS) is 12.2. The van der Waals surface area contributed by atoms with Gasteiger partial charge in [0.05, 0.1) is 6.10 Å². The van der Waals surface area contributed by atoms with E-state index in [1.165, 1.54) is 0 Å². The first kappa shape index (κ1) is 14.7. The number of benzene rings is 1.